The largest absolute Gasteiger partial charge is 0.277 e. The van der Waals surface area contributed by atoms with E-state index in [1.54, 1.807) is 0 Å². The molecule has 0 amide bonds. The second kappa shape index (κ2) is 12.6. The fourth-order valence-electron chi connectivity index (χ4n) is 8.44. The molecule has 256 valence electrons. The van der Waals surface area contributed by atoms with Crippen molar-refractivity contribution in [2.24, 2.45) is 0 Å². The minimum absolute atomic E-state index is 0.574. The lowest BCUT2D eigenvalue weighted by Gasteiger charge is -2.15. The molecule has 0 aliphatic rings. The van der Waals surface area contributed by atoms with Gasteiger partial charge in [-0.1, -0.05) is 188 Å². The molecule has 11 rings (SSSR count). The molecule has 0 spiro atoms. The molecule has 4 heteroatoms. The molecule has 0 saturated heterocycles. The lowest BCUT2D eigenvalue weighted by atomic mass is 9.93. The van der Waals surface area contributed by atoms with Gasteiger partial charge in [0.1, 0.15) is 0 Å². The standard InChI is InChI=1S/C51H32N4/c1-4-18-33(19-5-1)36-24-10-17-31-43(36)50-52-49(35-22-8-3-9-23-35)53-51(54-50)55-47-41-29-15-13-27-39(41)44(34-20-6-2-7-21-34)32-45(47)46-40-28-14-11-25-37(40)38-26-12-16-30-42(38)48(46)55/h1-32H. The molecule has 0 bridgehead atoms. The van der Waals surface area contributed by atoms with Gasteiger partial charge >= 0.3 is 0 Å². The lowest BCUT2D eigenvalue weighted by Crippen LogP contribution is -2.07. The van der Waals surface area contributed by atoms with Gasteiger partial charge in [-0.3, -0.25) is 4.57 Å². The van der Waals surface area contributed by atoms with Crippen molar-refractivity contribution in [2.45, 2.75) is 0 Å². The number of aromatic nitrogens is 4. The Kier molecular flexibility index (Phi) is 7.14. The number of hydrogen-bond donors (Lipinski definition) is 0. The zero-order valence-corrected chi connectivity index (χ0v) is 29.8. The van der Waals surface area contributed by atoms with Crippen LogP contribution in [0.5, 0.6) is 0 Å². The normalized spacial score (nSPS) is 11.6. The maximum absolute atomic E-state index is 5.47. The van der Waals surface area contributed by atoms with Crippen molar-refractivity contribution >= 4 is 54.1 Å². The quantitative estimate of drug-likeness (QED) is 0.168. The van der Waals surface area contributed by atoms with Crippen molar-refractivity contribution in [1.82, 2.24) is 19.5 Å². The predicted molar refractivity (Wildman–Crippen MR) is 228 cm³/mol. The second-order valence-corrected chi connectivity index (χ2v) is 13.9. The molecular weight excluding hydrogens is 669 g/mol. The molecule has 2 heterocycles. The molecule has 0 aliphatic heterocycles. The Morgan fingerprint density at radius 1 is 0.291 bits per heavy atom. The zero-order valence-electron chi connectivity index (χ0n) is 29.8. The Balaban J connectivity index is 1.35. The first-order valence-electron chi connectivity index (χ1n) is 18.6. The Labute approximate surface area is 317 Å². The summed E-state index contributed by atoms with van der Waals surface area (Å²) in [5.74, 6) is 1.81. The van der Waals surface area contributed by atoms with Crippen LogP contribution in [0.2, 0.25) is 0 Å². The second-order valence-electron chi connectivity index (χ2n) is 13.9. The van der Waals surface area contributed by atoms with Gasteiger partial charge in [0.15, 0.2) is 11.6 Å². The third-order valence-corrected chi connectivity index (χ3v) is 10.8. The van der Waals surface area contributed by atoms with E-state index in [4.69, 9.17) is 15.0 Å². The molecule has 4 nitrogen and oxygen atoms in total. The van der Waals surface area contributed by atoms with Gasteiger partial charge in [0, 0.05) is 32.7 Å². The summed E-state index contributed by atoms with van der Waals surface area (Å²) in [6, 6.07) is 68.5. The molecule has 2 aromatic heterocycles. The molecular formula is C51H32N4. The number of hydrogen-bond acceptors (Lipinski definition) is 3. The average molecular weight is 701 g/mol. The van der Waals surface area contributed by atoms with E-state index in [0.717, 1.165) is 49.4 Å². The van der Waals surface area contributed by atoms with Crippen LogP contribution in [-0.4, -0.2) is 19.5 Å². The highest BCUT2D eigenvalue weighted by atomic mass is 15.2. The van der Waals surface area contributed by atoms with E-state index in [1.165, 1.54) is 38.1 Å². The summed E-state index contributed by atoms with van der Waals surface area (Å²) in [6.45, 7) is 0. The molecule has 0 unspecified atom stereocenters. The number of fused-ring (bicyclic) bond motifs is 10. The van der Waals surface area contributed by atoms with E-state index in [-0.39, 0.29) is 0 Å². The number of benzene rings is 9. The van der Waals surface area contributed by atoms with Gasteiger partial charge < -0.3 is 0 Å². The van der Waals surface area contributed by atoms with Crippen LogP contribution < -0.4 is 0 Å². The monoisotopic (exact) mass is 700 g/mol. The van der Waals surface area contributed by atoms with Gasteiger partial charge in [-0.25, -0.2) is 4.98 Å². The van der Waals surface area contributed by atoms with Gasteiger partial charge in [-0.15, -0.1) is 0 Å². The summed E-state index contributed by atoms with van der Waals surface area (Å²) in [5.41, 5.74) is 8.56. The molecule has 0 saturated carbocycles. The van der Waals surface area contributed by atoms with Crippen molar-refractivity contribution < 1.29 is 0 Å². The van der Waals surface area contributed by atoms with Crippen molar-refractivity contribution in [3.05, 3.63) is 194 Å². The molecule has 11 aromatic rings. The first-order valence-corrected chi connectivity index (χ1v) is 18.6. The number of nitrogens with zero attached hydrogens (tertiary/aromatic N) is 4. The van der Waals surface area contributed by atoms with E-state index in [0.29, 0.717) is 17.6 Å². The topological polar surface area (TPSA) is 43.6 Å². The Morgan fingerprint density at radius 3 is 1.40 bits per heavy atom. The summed E-state index contributed by atoms with van der Waals surface area (Å²) in [5, 5.41) is 9.39. The first kappa shape index (κ1) is 31.1. The molecule has 9 aromatic carbocycles. The SMILES string of the molecule is c1ccc(-c2nc(-c3ccccc3-c3ccccc3)nc(-n3c4c5ccccc5c(-c5ccccc5)cc4c4c5ccccc5c5ccccc5c43)n2)cc1. The van der Waals surface area contributed by atoms with Gasteiger partial charge in [0.25, 0.3) is 0 Å². The van der Waals surface area contributed by atoms with Crippen molar-refractivity contribution in [3.63, 3.8) is 0 Å². The van der Waals surface area contributed by atoms with Crippen LogP contribution >= 0.6 is 0 Å². The molecule has 55 heavy (non-hydrogen) atoms. The minimum Gasteiger partial charge on any atom is -0.277 e. The van der Waals surface area contributed by atoms with Crippen LogP contribution in [-0.2, 0) is 0 Å². The Hall–Kier alpha value is -7.43. The van der Waals surface area contributed by atoms with E-state index in [1.807, 2.05) is 24.3 Å². The van der Waals surface area contributed by atoms with E-state index < -0.39 is 0 Å². The van der Waals surface area contributed by atoms with Gasteiger partial charge in [0.05, 0.1) is 11.0 Å². The summed E-state index contributed by atoms with van der Waals surface area (Å²) in [7, 11) is 0. The summed E-state index contributed by atoms with van der Waals surface area (Å²) in [4.78, 5) is 16.1. The molecule has 0 N–H and O–H groups in total. The highest BCUT2D eigenvalue weighted by molar-refractivity contribution is 6.35. The molecule has 0 radical (unpaired) electrons. The van der Waals surface area contributed by atoms with Crippen LogP contribution in [0.3, 0.4) is 0 Å². The predicted octanol–water partition coefficient (Wildman–Crippen LogP) is 13.1. The third-order valence-electron chi connectivity index (χ3n) is 10.8. The maximum atomic E-state index is 5.47. The molecule has 0 aliphatic carbocycles. The third kappa shape index (κ3) is 4.96. The van der Waals surface area contributed by atoms with Crippen LogP contribution in [0.4, 0.5) is 0 Å². The maximum Gasteiger partial charge on any atom is 0.238 e. The smallest absolute Gasteiger partial charge is 0.238 e. The van der Waals surface area contributed by atoms with Crippen LogP contribution in [0, 0.1) is 0 Å². The van der Waals surface area contributed by atoms with Crippen LogP contribution in [0.15, 0.2) is 194 Å². The van der Waals surface area contributed by atoms with Gasteiger partial charge in [-0.2, -0.15) is 9.97 Å². The molecule has 0 fully saturated rings. The fourth-order valence-corrected chi connectivity index (χ4v) is 8.44. The highest BCUT2D eigenvalue weighted by Crippen LogP contribution is 2.46. The lowest BCUT2D eigenvalue weighted by molar-refractivity contribution is 0.957. The van der Waals surface area contributed by atoms with E-state index >= 15 is 0 Å². The van der Waals surface area contributed by atoms with E-state index in [2.05, 4.69) is 174 Å². The van der Waals surface area contributed by atoms with Crippen LogP contribution in [0.25, 0.3) is 105 Å². The summed E-state index contributed by atoms with van der Waals surface area (Å²) < 4.78 is 2.32. The Bertz CT molecular complexity index is 3240. The van der Waals surface area contributed by atoms with Crippen LogP contribution in [0.1, 0.15) is 0 Å². The first-order chi connectivity index (χ1) is 27.3. The summed E-state index contributed by atoms with van der Waals surface area (Å²) >= 11 is 0. The van der Waals surface area contributed by atoms with Crippen molar-refractivity contribution in [1.29, 1.82) is 0 Å². The zero-order chi connectivity index (χ0) is 36.3. The highest BCUT2D eigenvalue weighted by Gasteiger charge is 2.25. The van der Waals surface area contributed by atoms with Crippen molar-refractivity contribution in [2.75, 3.05) is 0 Å². The van der Waals surface area contributed by atoms with E-state index in [9.17, 15) is 0 Å². The van der Waals surface area contributed by atoms with Gasteiger partial charge in [0.2, 0.25) is 5.95 Å². The average Bonchev–Trinajstić information content (AvgIpc) is 3.63. The number of rotatable bonds is 5. The Morgan fingerprint density at radius 2 is 0.745 bits per heavy atom. The fraction of sp³-hybridized carbons (Fsp3) is 0. The minimum atomic E-state index is 0.574. The summed E-state index contributed by atoms with van der Waals surface area (Å²) in [6.07, 6.45) is 0. The van der Waals surface area contributed by atoms with Gasteiger partial charge in [-0.05, 0) is 49.9 Å². The molecule has 0 atom stereocenters. The van der Waals surface area contributed by atoms with Crippen molar-refractivity contribution in [3.8, 4) is 51.0 Å².